The maximum absolute atomic E-state index is 11.0. The monoisotopic (exact) mass is 329 g/mol. The summed E-state index contributed by atoms with van der Waals surface area (Å²) in [5.74, 6) is -1.14. The van der Waals surface area contributed by atoms with Crippen molar-refractivity contribution in [3.05, 3.63) is 33.9 Å². The zero-order valence-corrected chi connectivity index (χ0v) is 12.4. The quantitative estimate of drug-likeness (QED) is 0.507. The number of nitro benzene ring substituents is 1. The average molecular weight is 329 g/mol. The van der Waals surface area contributed by atoms with Gasteiger partial charge in [0.05, 0.1) is 15.4 Å². The summed E-state index contributed by atoms with van der Waals surface area (Å²) in [4.78, 5) is 21.6. The number of rotatable bonds is 5. The van der Waals surface area contributed by atoms with Crippen molar-refractivity contribution in [1.82, 2.24) is 10.2 Å². The average Bonchev–Trinajstić information content (AvgIpc) is 2.86. The van der Waals surface area contributed by atoms with E-state index in [1.54, 1.807) is 0 Å². The van der Waals surface area contributed by atoms with Gasteiger partial charge >= 0.3 is 5.97 Å². The van der Waals surface area contributed by atoms with E-state index >= 15 is 0 Å². The largest absolute Gasteiger partial charge is 0.478 e. The van der Waals surface area contributed by atoms with Gasteiger partial charge in [-0.25, -0.2) is 4.79 Å². The number of benzene rings is 1. The van der Waals surface area contributed by atoms with Gasteiger partial charge in [-0.3, -0.25) is 10.1 Å². The van der Waals surface area contributed by atoms with Crippen LogP contribution in [-0.2, 0) is 0 Å². The summed E-state index contributed by atoms with van der Waals surface area (Å²) in [5.41, 5.74) is -0.159. The molecule has 0 aliphatic carbocycles. The number of nitrogens with zero attached hydrogens (tertiary/aromatic N) is 3. The second kappa shape index (κ2) is 6.20. The summed E-state index contributed by atoms with van der Waals surface area (Å²) in [7, 11) is 0. The second-order valence-electron chi connectivity index (χ2n) is 3.38. The minimum Gasteiger partial charge on any atom is -0.478 e. The van der Waals surface area contributed by atoms with Crippen LogP contribution in [0.4, 0.5) is 5.69 Å². The minimum atomic E-state index is -1.14. The lowest BCUT2D eigenvalue weighted by molar-refractivity contribution is -0.387. The lowest BCUT2D eigenvalue weighted by Gasteiger charge is -2.01. The molecule has 1 aromatic carbocycles. The molecule has 1 heterocycles. The number of thioether (sulfide) groups is 1. The van der Waals surface area contributed by atoms with Gasteiger partial charge in [0.25, 0.3) is 5.69 Å². The first kappa shape index (κ1) is 14.8. The van der Waals surface area contributed by atoms with E-state index in [0.717, 1.165) is 16.1 Å². The minimum absolute atomic E-state index is 0.00675. The first-order valence-electron chi connectivity index (χ1n) is 5.08. The highest BCUT2D eigenvalue weighted by molar-refractivity contribution is 8.03. The van der Waals surface area contributed by atoms with Crippen molar-refractivity contribution >= 4 is 46.5 Å². The van der Waals surface area contributed by atoms with Crippen LogP contribution in [0.15, 0.2) is 31.8 Å². The maximum Gasteiger partial charge on any atom is 0.335 e. The molecule has 0 amide bonds. The van der Waals surface area contributed by atoms with Gasteiger partial charge in [-0.2, -0.15) is 0 Å². The van der Waals surface area contributed by atoms with Gasteiger partial charge in [-0.05, 0) is 18.4 Å². The highest BCUT2D eigenvalue weighted by Gasteiger charge is 2.19. The smallest absolute Gasteiger partial charge is 0.335 e. The van der Waals surface area contributed by atoms with E-state index in [1.165, 1.54) is 41.3 Å². The van der Waals surface area contributed by atoms with E-state index in [9.17, 15) is 14.9 Å². The zero-order valence-electron chi connectivity index (χ0n) is 9.97. The summed E-state index contributed by atoms with van der Waals surface area (Å²) in [6.45, 7) is 0. The lowest BCUT2D eigenvalue weighted by atomic mass is 10.2. The topological polar surface area (TPSA) is 106 Å². The van der Waals surface area contributed by atoms with Gasteiger partial charge < -0.3 is 5.11 Å². The molecule has 0 atom stereocenters. The van der Waals surface area contributed by atoms with E-state index in [0.29, 0.717) is 4.34 Å². The first-order chi connectivity index (χ1) is 9.51. The van der Waals surface area contributed by atoms with Crippen LogP contribution in [-0.4, -0.2) is 32.5 Å². The molecule has 0 unspecified atom stereocenters. The number of carbonyl (C=O) groups is 1. The fourth-order valence-electron chi connectivity index (χ4n) is 1.29. The SMILES string of the molecule is CSc1nnc(Sc2cc(C(=O)O)ccc2[N+](=O)[O-])s1. The molecule has 0 spiro atoms. The zero-order chi connectivity index (χ0) is 14.7. The molecule has 10 heteroatoms. The molecule has 20 heavy (non-hydrogen) atoms. The third kappa shape index (κ3) is 3.26. The summed E-state index contributed by atoms with van der Waals surface area (Å²) in [5, 5.41) is 27.7. The predicted molar refractivity (Wildman–Crippen MR) is 75.9 cm³/mol. The predicted octanol–water partition coefficient (Wildman–Crippen LogP) is 3.02. The Balaban J connectivity index is 2.39. The summed E-state index contributed by atoms with van der Waals surface area (Å²) < 4.78 is 1.27. The number of hydrogen-bond donors (Lipinski definition) is 1. The number of aromatic nitrogens is 2. The van der Waals surface area contributed by atoms with Gasteiger partial charge in [-0.1, -0.05) is 34.9 Å². The molecule has 0 aliphatic rings. The summed E-state index contributed by atoms with van der Waals surface area (Å²) in [6.07, 6.45) is 1.85. The fourth-order valence-corrected chi connectivity index (χ4v) is 3.83. The van der Waals surface area contributed by atoms with Crippen LogP contribution in [0.2, 0.25) is 0 Å². The highest BCUT2D eigenvalue weighted by Crippen LogP contribution is 2.38. The molecular weight excluding hydrogens is 322 g/mol. The molecule has 2 rings (SSSR count). The lowest BCUT2D eigenvalue weighted by Crippen LogP contribution is -1.98. The van der Waals surface area contributed by atoms with Crippen molar-refractivity contribution in [3.63, 3.8) is 0 Å². The molecule has 0 bridgehead atoms. The number of carboxylic acids is 1. The third-order valence-corrected chi connectivity index (χ3v) is 5.16. The van der Waals surface area contributed by atoms with Crippen molar-refractivity contribution in [2.24, 2.45) is 0 Å². The molecular formula is C10H7N3O4S3. The highest BCUT2D eigenvalue weighted by atomic mass is 32.2. The molecule has 1 N–H and O–H groups in total. The summed E-state index contributed by atoms with van der Waals surface area (Å²) in [6, 6.07) is 3.66. The van der Waals surface area contributed by atoms with Crippen LogP contribution in [0.25, 0.3) is 0 Å². The molecule has 2 aromatic rings. The van der Waals surface area contributed by atoms with Crippen LogP contribution < -0.4 is 0 Å². The van der Waals surface area contributed by atoms with Gasteiger partial charge in [0, 0.05) is 6.07 Å². The van der Waals surface area contributed by atoms with Crippen molar-refractivity contribution in [2.75, 3.05) is 6.26 Å². The molecule has 1 aromatic heterocycles. The Morgan fingerprint density at radius 1 is 1.40 bits per heavy atom. The maximum atomic E-state index is 11.0. The molecule has 0 saturated carbocycles. The molecule has 104 valence electrons. The van der Waals surface area contributed by atoms with Gasteiger partial charge in [-0.15, -0.1) is 10.2 Å². The Morgan fingerprint density at radius 2 is 2.10 bits per heavy atom. The van der Waals surface area contributed by atoms with Crippen molar-refractivity contribution in [3.8, 4) is 0 Å². The van der Waals surface area contributed by atoms with E-state index in [-0.39, 0.29) is 16.1 Å². The molecule has 0 aliphatic heterocycles. The standard InChI is InChI=1S/C10H7N3O4S3/c1-18-9-11-12-10(20-9)19-7-4-5(8(14)15)2-3-6(7)13(16)17/h2-4H,1H3,(H,14,15). The Hall–Kier alpha value is -1.65. The van der Waals surface area contributed by atoms with E-state index in [1.807, 2.05) is 6.26 Å². The van der Waals surface area contributed by atoms with Crippen LogP contribution in [0.3, 0.4) is 0 Å². The van der Waals surface area contributed by atoms with Gasteiger partial charge in [0.2, 0.25) is 0 Å². The van der Waals surface area contributed by atoms with Crippen LogP contribution in [0.5, 0.6) is 0 Å². The van der Waals surface area contributed by atoms with Crippen molar-refractivity contribution in [2.45, 2.75) is 13.6 Å². The van der Waals surface area contributed by atoms with Gasteiger partial charge in [0.1, 0.15) is 0 Å². The molecule has 0 radical (unpaired) electrons. The third-order valence-electron chi connectivity index (χ3n) is 2.16. The number of nitro groups is 1. The molecule has 0 fully saturated rings. The Kier molecular flexibility index (Phi) is 4.57. The Labute approximate surface area is 125 Å². The van der Waals surface area contributed by atoms with Gasteiger partial charge in [0.15, 0.2) is 8.68 Å². The Bertz CT molecular complexity index is 674. The number of hydrogen-bond acceptors (Lipinski definition) is 8. The Morgan fingerprint density at radius 3 is 2.65 bits per heavy atom. The second-order valence-corrected chi connectivity index (χ2v) is 6.70. The first-order valence-corrected chi connectivity index (χ1v) is 7.94. The normalized spacial score (nSPS) is 10.4. The van der Waals surface area contributed by atoms with Crippen LogP contribution in [0, 0.1) is 10.1 Å². The molecule has 0 saturated heterocycles. The molecule has 7 nitrogen and oxygen atoms in total. The van der Waals surface area contributed by atoms with E-state index in [4.69, 9.17) is 5.11 Å². The number of carboxylic acid groups (broad SMARTS) is 1. The van der Waals surface area contributed by atoms with Crippen LogP contribution >= 0.6 is 34.9 Å². The summed E-state index contributed by atoms with van der Waals surface area (Å²) >= 11 is 3.76. The number of aromatic carboxylic acids is 1. The fraction of sp³-hybridized carbons (Fsp3) is 0.100. The van der Waals surface area contributed by atoms with E-state index in [2.05, 4.69) is 10.2 Å². The van der Waals surface area contributed by atoms with Crippen LogP contribution in [0.1, 0.15) is 10.4 Å². The van der Waals surface area contributed by atoms with E-state index < -0.39 is 10.9 Å². The van der Waals surface area contributed by atoms with Crippen molar-refractivity contribution in [1.29, 1.82) is 0 Å². The van der Waals surface area contributed by atoms with Crippen molar-refractivity contribution < 1.29 is 14.8 Å².